The zero-order valence-corrected chi connectivity index (χ0v) is 18.0. The van der Waals surface area contributed by atoms with Crippen LogP contribution in [0.3, 0.4) is 0 Å². The van der Waals surface area contributed by atoms with Crippen molar-refractivity contribution in [1.82, 2.24) is 4.98 Å². The van der Waals surface area contributed by atoms with E-state index < -0.39 is 12.0 Å². The Morgan fingerprint density at radius 2 is 1.72 bits per heavy atom. The SMILES string of the molecule is COc1ccc(N2C(=O)CC[C@H](C(=O)Nc3ccncc3)[C@H]2c2ccccc2OC)cc1. The highest BCUT2D eigenvalue weighted by Gasteiger charge is 2.42. The number of benzene rings is 2. The van der Waals surface area contributed by atoms with Gasteiger partial charge in [0, 0.05) is 35.8 Å². The van der Waals surface area contributed by atoms with E-state index in [1.807, 2.05) is 48.5 Å². The van der Waals surface area contributed by atoms with Gasteiger partial charge < -0.3 is 19.7 Å². The summed E-state index contributed by atoms with van der Waals surface area (Å²) in [4.78, 5) is 32.3. The van der Waals surface area contributed by atoms with Crippen LogP contribution in [0.1, 0.15) is 24.4 Å². The quantitative estimate of drug-likeness (QED) is 0.632. The van der Waals surface area contributed by atoms with Crippen LogP contribution in [0.25, 0.3) is 0 Å². The molecule has 32 heavy (non-hydrogen) atoms. The number of carbonyl (C=O) groups is 2. The highest BCUT2D eigenvalue weighted by atomic mass is 16.5. The molecule has 0 unspecified atom stereocenters. The Morgan fingerprint density at radius 3 is 2.41 bits per heavy atom. The van der Waals surface area contributed by atoms with Crippen LogP contribution in [0.15, 0.2) is 73.1 Å². The first-order valence-electron chi connectivity index (χ1n) is 10.4. The number of para-hydroxylation sites is 1. The second kappa shape index (κ2) is 9.51. The number of anilines is 2. The van der Waals surface area contributed by atoms with Crippen molar-refractivity contribution in [3.05, 3.63) is 78.6 Å². The average molecular weight is 431 g/mol. The van der Waals surface area contributed by atoms with Crippen molar-refractivity contribution in [2.45, 2.75) is 18.9 Å². The second-order valence-corrected chi connectivity index (χ2v) is 7.52. The zero-order chi connectivity index (χ0) is 22.5. The Morgan fingerprint density at radius 1 is 1.00 bits per heavy atom. The van der Waals surface area contributed by atoms with Crippen molar-refractivity contribution in [3.63, 3.8) is 0 Å². The van der Waals surface area contributed by atoms with Crippen LogP contribution in [-0.2, 0) is 9.59 Å². The minimum atomic E-state index is -0.525. The number of carbonyl (C=O) groups excluding carboxylic acids is 2. The topological polar surface area (TPSA) is 80.8 Å². The molecule has 0 bridgehead atoms. The summed E-state index contributed by atoms with van der Waals surface area (Å²) in [6.45, 7) is 0. The Hall–Kier alpha value is -3.87. The first-order valence-corrected chi connectivity index (χ1v) is 10.4. The van der Waals surface area contributed by atoms with Crippen molar-refractivity contribution < 1.29 is 19.1 Å². The van der Waals surface area contributed by atoms with E-state index in [-0.39, 0.29) is 18.2 Å². The number of hydrogen-bond donors (Lipinski definition) is 1. The van der Waals surface area contributed by atoms with Crippen LogP contribution in [-0.4, -0.2) is 31.0 Å². The lowest BCUT2D eigenvalue weighted by Crippen LogP contribution is -2.47. The zero-order valence-electron chi connectivity index (χ0n) is 18.0. The Kier molecular flexibility index (Phi) is 6.35. The largest absolute Gasteiger partial charge is 0.497 e. The number of nitrogens with zero attached hydrogens (tertiary/aromatic N) is 2. The molecule has 0 saturated carbocycles. The van der Waals surface area contributed by atoms with Crippen LogP contribution in [0.2, 0.25) is 0 Å². The number of pyridine rings is 1. The van der Waals surface area contributed by atoms with Gasteiger partial charge in [-0.05, 0) is 48.9 Å². The summed E-state index contributed by atoms with van der Waals surface area (Å²) in [6, 6.07) is 17.8. The third-order valence-corrected chi connectivity index (χ3v) is 5.69. The van der Waals surface area contributed by atoms with Gasteiger partial charge in [0.25, 0.3) is 0 Å². The summed E-state index contributed by atoms with van der Waals surface area (Å²) in [7, 11) is 3.19. The number of methoxy groups -OCH3 is 2. The summed E-state index contributed by atoms with van der Waals surface area (Å²) >= 11 is 0. The molecule has 1 aliphatic rings. The van der Waals surface area contributed by atoms with Gasteiger partial charge in [-0.1, -0.05) is 18.2 Å². The number of hydrogen-bond acceptors (Lipinski definition) is 5. The van der Waals surface area contributed by atoms with E-state index in [4.69, 9.17) is 9.47 Å². The van der Waals surface area contributed by atoms with E-state index >= 15 is 0 Å². The fourth-order valence-electron chi connectivity index (χ4n) is 4.15. The molecule has 2 amide bonds. The van der Waals surface area contributed by atoms with Crippen molar-refractivity contribution in [1.29, 1.82) is 0 Å². The maximum absolute atomic E-state index is 13.4. The second-order valence-electron chi connectivity index (χ2n) is 7.52. The van der Waals surface area contributed by atoms with Crippen molar-refractivity contribution in [2.24, 2.45) is 5.92 Å². The van der Waals surface area contributed by atoms with Crippen LogP contribution in [0, 0.1) is 5.92 Å². The molecule has 2 aromatic carbocycles. The lowest BCUT2D eigenvalue weighted by molar-refractivity contribution is -0.125. The molecule has 1 N–H and O–H groups in total. The minimum absolute atomic E-state index is 0.0426. The van der Waals surface area contributed by atoms with Crippen molar-refractivity contribution in [2.75, 3.05) is 24.4 Å². The molecular weight excluding hydrogens is 406 g/mol. The smallest absolute Gasteiger partial charge is 0.229 e. The molecule has 2 atom stereocenters. The predicted molar refractivity (Wildman–Crippen MR) is 122 cm³/mol. The van der Waals surface area contributed by atoms with E-state index in [2.05, 4.69) is 10.3 Å². The summed E-state index contributed by atoms with van der Waals surface area (Å²) in [5.74, 6) is 0.655. The number of nitrogens with one attached hydrogen (secondary N) is 1. The number of aromatic nitrogens is 1. The normalized spacial score (nSPS) is 18.2. The van der Waals surface area contributed by atoms with Gasteiger partial charge in [-0.2, -0.15) is 0 Å². The molecule has 1 aliphatic heterocycles. The lowest BCUT2D eigenvalue weighted by Gasteiger charge is -2.41. The molecule has 2 heterocycles. The summed E-state index contributed by atoms with van der Waals surface area (Å²) in [6.07, 6.45) is 3.96. The molecule has 3 aromatic rings. The number of amides is 2. The molecule has 1 saturated heterocycles. The van der Waals surface area contributed by atoms with Gasteiger partial charge in [-0.15, -0.1) is 0 Å². The molecule has 1 aromatic heterocycles. The predicted octanol–water partition coefficient (Wildman–Crippen LogP) is 4.22. The number of ether oxygens (including phenoxy) is 2. The van der Waals surface area contributed by atoms with Gasteiger partial charge >= 0.3 is 0 Å². The van der Waals surface area contributed by atoms with E-state index in [0.717, 1.165) is 5.56 Å². The van der Waals surface area contributed by atoms with E-state index in [1.54, 1.807) is 43.6 Å². The van der Waals surface area contributed by atoms with Gasteiger partial charge in [-0.25, -0.2) is 0 Å². The lowest BCUT2D eigenvalue weighted by atomic mass is 9.82. The maximum Gasteiger partial charge on any atom is 0.229 e. The van der Waals surface area contributed by atoms with Gasteiger partial charge in [0.1, 0.15) is 11.5 Å². The van der Waals surface area contributed by atoms with Crippen molar-refractivity contribution >= 4 is 23.2 Å². The van der Waals surface area contributed by atoms with Gasteiger partial charge in [0.2, 0.25) is 11.8 Å². The maximum atomic E-state index is 13.4. The summed E-state index contributed by atoms with van der Waals surface area (Å²) in [5, 5.41) is 2.98. The average Bonchev–Trinajstić information content (AvgIpc) is 2.84. The summed E-state index contributed by atoms with van der Waals surface area (Å²) in [5.41, 5.74) is 2.15. The fraction of sp³-hybridized carbons (Fsp3) is 0.240. The van der Waals surface area contributed by atoms with Crippen LogP contribution < -0.4 is 19.7 Å². The molecular formula is C25H25N3O4. The third kappa shape index (κ3) is 4.27. The first-order chi connectivity index (χ1) is 15.6. The number of piperidine rings is 1. The molecule has 0 aliphatic carbocycles. The molecule has 0 spiro atoms. The third-order valence-electron chi connectivity index (χ3n) is 5.69. The van der Waals surface area contributed by atoms with E-state index in [0.29, 0.717) is 29.3 Å². The first kappa shape index (κ1) is 21.4. The van der Waals surface area contributed by atoms with Crippen molar-refractivity contribution in [3.8, 4) is 11.5 Å². The Balaban J connectivity index is 1.77. The molecule has 4 rings (SSSR count). The van der Waals surface area contributed by atoms with Gasteiger partial charge in [0.05, 0.1) is 26.2 Å². The molecule has 0 radical (unpaired) electrons. The molecule has 7 nitrogen and oxygen atoms in total. The number of rotatable bonds is 6. The van der Waals surface area contributed by atoms with Crippen LogP contribution >= 0.6 is 0 Å². The van der Waals surface area contributed by atoms with E-state index in [9.17, 15) is 9.59 Å². The summed E-state index contributed by atoms with van der Waals surface area (Å²) < 4.78 is 10.9. The van der Waals surface area contributed by atoms with Gasteiger partial charge in [-0.3, -0.25) is 14.6 Å². The Labute approximate surface area is 187 Å². The monoisotopic (exact) mass is 431 g/mol. The van der Waals surface area contributed by atoms with E-state index in [1.165, 1.54) is 0 Å². The fourth-order valence-corrected chi connectivity index (χ4v) is 4.15. The van der Waals surface area contributed by atoms with Gasteiger partial charge in [0.15, 0.2) is 0 Å². The standard InChI is InChI=1S/C25H25N3O4/c1-31-19-9-7-18(8-10-19)28-23(29)12-11-21(25(30)27-17-13-15-26-16-14-17)24(28)20-5-3-4-6-22(20)32-2/h3-10,13-16,21,24H,11-12H2,1-2H3,(H,26,27,30)/t21-,24+/m0/s1. The molecule has 164 valence electrons. The molecule has 7 heteroatoms. The highest BCUT2D eigenvalue weighted by Crippen LogP contribution is 2.43. The molecule has 1 fully saturated rings. The van der Waals surface area contributed by atoms with Crippen LogP contribution in [0.4, 0.5) is 11.4 Å². The minimum Gasteiger partial charge on any atom is -0.497 e. The van der Waals surface area contributed by atoms with Crippen LogP contribution in [0.5, 0.6) is 11.5 Å². The Bertz CT molecular complexity index is 1090. The highest BCUT2D eigenvalue weighted by molar-refractivity contribution is 6.00.